The zero-order chi connectivity index (χ0) is 30.1. The molecule has 8 heteroatoms. The molecular formula is C34H24F6O2. The van der Waals surface area contributed by atoms with Gasteiger partial charge in [0, 0.05) is 16.7 Å². The van der Waals surface area contributed by atoms with Crippen molar-refractivity contribution in [2.75, 3.05) is 14.2 Å². The number of rotatable bonds is 6. The lowest BCUT2D eigenvalue weighted by atomic mass is 9.77. The van der Waals surface area contributed by atoms with Gasteiger partial charge >= 0.3 is 12.4 Å². The minimum Gasteiger partial charge on any atom is -0.497 e. The van der Waals surface area contributed by atoms with Crippen LogP contribution in [0.1, 0.15) is 11.1 Å². The smallest absolute Gasteiger partial charge is 0.417 e. The van der Waals surface area contributed by atoms with Gasteiger partial charge < -0.3 is 9.47 Å². The lowest BCUT2D eigenvalue weighted by Gasteiger charge is -2.29. The van der Waals surface area contributed by atoms with Crippen molar-refractivity contribution >= 4 is 0 Å². The third kappa shape index (κ3) is 5.44. The Kier molecular flexibility index (Phi) is 7.73. The fourth-order valence-electron chi connectivity index (χ4n) is 5.20. The van der Waals surface area contributed by atoms with Gasteiger partial charge in [-0.15, -0.1) is 0 Å². The molecule has 5 aromatic carbocycles. The summed E-state index contributed by atoms with van der Waals surface area (Å²) in [7, 11) is 2.78. The molecule has 0 amide bonds. The van der Waals surface area contributed by atoms with Gasteiger partial charge in [0.25, 0.3) is 0 Å². The van der Waals surface area contributed by atoms with Gasteiger partial charge in [-0.3, -0.25) is 0 Å². The first-order chi connectivity index (χ1) is 20.0. The molecule has 0 atom stereocenters. The highest BCUT2D eigenvalue weighted by Gasteiger charge is 2.47. The normalized spacial score (nSPS) is 11.8. The van der Waals surface area contributed by atoms with Crippen molar-refractivity contribution < 1.29 is 35.8 Å². The van der Waals surface area contributed by atoms with Crippen LogP contribution in [0.25, 0.3) is 44.5 Å². The van der Waals surface area contributed by atoms with Crippen LogP contribution in [-0.4, -0.2) is 14.2 Å². The van der Waals surface area contributed by atoms with Gasteiger partial charge in [-0.2, -0.15) is 26.3 Å². The summed E-state index contributed by atoms with van der Waals surface area (Å²) in [6.45, 7) is 0. The van der Waals surface area contributed by atoms with E-state index in [1.54, 1.807) is 36.4 Å². The lowest BCUT2D eigenvalue weighted by molar-refractivity contribution is -0.141. The first kappa shape index (κ1) is 28.8. The van der Waals surface area contributed by atoms with Crippen molar-refractivity contribution in [2.24, 2.45) is 0 Å². The molecule has 0 aromatic heterocycles. The number of hydrogen-bond donors (Lipinski definition) is 0. The number of halogens is 6. The third-order valence-corrected chi connectivity index (χ3v) is 6.95. The van der Waals surface area contributed by atoms with Crippen molar-refractivity contribution in [3.05, 3.63) is 120 Å². The van der Waals surface area contributed by atoms with Crippen LogP contribution in [0.15, 0.2) is 109 Å². The van der Waals surface area contributed by atoms with Crippen molar-refractivity contribution in [1.82, 2.24) is 0 Å². The quantitative estimate of drug-likeness (QED) is 0.187. The molecule has 0 bridgehead atoms. The maximum Gasteiger partial charge on any atom is 0.417 e. The minimum absolute atomic E-state index is 0.0858. The fourth-order valence-corrected chi connectivity index (χ4v) is 5.20. The average Bonchev–Trinajstić information content (AvgIpc) is 2.99. The summed E-state index contributed by atoms with van der Waals surface area (Å²) in [5.41, 5.74) is -4.43. The van der Waals surface area contributed by atoms with E-state index in [9.17, 15) is 0 Å². The van der Waals surface area contributed by atoms with E-state index in [1.165, 1.54) is 87.0 Å². The second kappa shape index (κ2) is 11.3. The molecule has 0 fully saturated rings. The van der Waals surface area contributed by atoms with E-state index in [0.29, 0.717) is 11.5 Å². The van der Waals surface area contributed by atoms with Crippen molar-refractivity contribution in [2.45, 2.75) is 12.4 Å². The van der Waals surface area contributed by atoms with E-state index in [4.69, 9.17) is 9.47 Å². The van der Waals surface area contributed by atoms with Gasteiger partial charge in [0.2, 0.25) is 0 Å². The van der Waals surface area contributed by atoms with E-state index in [0.717, 1.165) is 0 Å². The predicted octanol–water partition coefficient (Wildman–Crippen LogP) is 10.4. The molecule has 0 N–H and O–H groups in total. The molecule has 5 rings (SSSR count). The summed E-state index contributed by atoms with van der Waals surface area (Å²) in [5, 5.41) is 0. The highest BCUT2D eigenvalue weighted by molar-refractivity contribution is 6.03. The summed E-state index contributed by atoms with van der Waals surface area (Å²) >= 11 is 0. The molecule has 0 radical (unpaired) electrons. The van der Waals surface area contributed by atoms with Crippen LogP contribution in [0, 0.1) is 0 Å². The fraction of sp³-hybridized carbons (Fsp3) is 0.118. The number of benzene rings is 5. The topological polar surface area (TPSA) is 18.5 Å². The van der Waals surface area contributed by atoms with Crippen molar-refractivity contribution in [1.29, 1.82) is 0 Å². The SMILES string of the molecule is COc1ccc(-c2c(-c3ccccc3)c(-c3ccccc3)c(C(F)(F)F)c(-c3ccc(OC)cc3)c2C(F)(F)F)cc1. The number of ether oxygens (including phenoxy) is 2. The Morgan fingerprint density at radius 2 is 0.690 bits per heavy atom. The molecular weight excluding hydrogens is 554 g/mol. The first-order valence-electron chi connectivity index (χ1n) is 12.8. The van der Waals surface area contributed by atoms with Crippen LogP contribution in [-0.2, 0) is 12.4 Å². The molecule has 0 saturated heterocycles. The van der Waals surface area contributed by atoms with Crippen LogP contribution in [0.4, 0.5) is 26.3 Å². The second-order valence-corrected chi connectivity index (χ2v) is 9.43. The van der Waals surface area contributed by atoms with Crippen molar-refractivity contribution in [3.63, 3.8) is 0 Å². The number of hydrogen-bond acceptors (Lipinski definition) is 2. The Morgan fingerprint density at radius 3 is 1.02 bits per heavy atom. The van der Waals surface area contributed by atoms with E-state index < -0.39 is 29.0 Å². The monoisotopic (exact) mass is 578 g/mol. The molecule has 42 heavy (non-hydrogen) atoms. The molecule has 214 valence electrons. The number of methoxy groups -OCH3 is 2. The Morgan fingerprint density at radius 1 is 0.381 bits per heavy atom. The van der Waals surface area contributed by atoms with Crippen LogP contribution < -0.4 is 9.47 Å². The van der Waals surface area contributed by atoms with Crippen LogP contribution >= 0.6 is 0 Å². The summed E-state index contributed by atoms with van der Waals surface area (Å²) in [4.78, 5) is 0. The van der Waals surface area contributed by atoms with Gasteiger partial charge in [0.1, 0.15) is 11.5 Å². The molecule has 0 aliphatic heterocycles. The lowest BCUT2D eigenvalue weighted by Crippen LogP contribution is -2.19. The molecule has 0 aliphatic carbocycles. The highest BCUT2D eigenvalue weighted by atomic mass is 19.4. The maximum atomic E-state index is 15.4. The zero-order valence-corrected chi connectivity index (χ0v) is 22.5. The first-order valence-corrected chi connectivity index (χ1v) is 12.8. The standard InChI is InChI=1S/C34H24F6O2/c1-41-25-17-13-23(14-18-25)29-27(21-9-5-3-6-10-21)28(22-11-7-4-8-12-22)31(33(35,36)37)30(32(29)34(38,39)40)24-15-19-26(42-2)20-16-24/h3-20H,1-2H3. The zero-order valence-electron chi connectivity index (χ0n) is 22.5. The van der Waals surface area contributed by atoms with Crippen LogP contribution in [0.2, 0.25) is 0 Å². The predicted molar refractivity (Wildman–Crippen MR) is 151 cm³/mol. The van der Waals surface area contributed by atoms with Gasteiger partial charge in [0.15, 0.2) is 0 Å². The Labute approximate surface area is 238 Å². The van der Waals surface area contributed by atoms with Crippen LogP contribution in [0.3, 0.4) is 0 Å². The molecule has 2 nitrogen and oxygen atoms in total. The summed E-state index contributed by atoms with van der Waals surface area (Å²) < 4.78 is 102. The van der Waals surface area contributed by atoms with Gasteiger partial charge in [-0.25, -0.2) is 0 Å². The summed E-state index contributed by atoms with van der Waals surface area (Å²) in [5.74, 6) is 0.680. The molecule has 0 unspecified atom stereocenters. The van der Waals surface area contributed by atoms with Crippen LogP contribution in [0.5, 0.6) is 11.5 Å². The number of alkyl halides is 6. The highest BCUT2D eigenvalue weighted by Crippen LogP contribution is 2.57. The third-order valence-electron chi connectivity index (χ3n) is 6.95. The van der Waals surface area contributed by atoms with Gasteiger partial charge in [-0.1, -0.05) is 84.9 Å². The largest absolute Gasteiger partial charge is 0.497 e. The van der Waals surface area contributed by atoms with Gasteiger partial charge in [0.05, 0.1) is 25.3 Å². The molecule has 0 saturated carbocycles. The van der Waals surface area contributed by atoms with Gasteiger partial charge in [-0.05, 0) is 52.1 Å². The Hall–Kier alpha value is -4.72. The van der Waals surface area contributed by atoms with Crippen molar-refractivity contribution in [3.8, 4) is 56.0 Å². The molecule has 0 aliphatic rings. The van der Waals surface area contributed by atoms with E-state index >= 15 is 26.3 Å². The molecule has 5 aromatic rings. The summed E-state index contributed by atoms with van der Waals surface area (Å²) in [6.07, 6.45) is -10.3. The maximum absolute atomic E-state index is 15.4. The second-order valence-electron chi connectivity index (χ2n) is 9.43. The minimum atomic E-state index is -5.18. The van der Waals surface area contributed by atoms with E-state index in [1.807, 2.05) is 0 Å². The Bertz CT molecular complexity index is 1670. The molecule has 0 spiro atoms. The average molecular weight is 579 g/mol. The van der Waals surface area contributed by atoms with E-state index in [2.05, 4.69) is 0 Å². The Balaban J connectivity index is 2.12. The summed E-state index contributed by atoms with van der Waals surface area (Å²) in [6, 6.07) is 26.5. The van der Waals surface area contributed by atoms with E-state index in [-0.39, 0.29) is 38.9 Å². The molecule has 0 heterocycles.